The second kappa shape index (κ2) is 33.5. The highest BCUT2D eigenvalue weighted by atomic mass is 19.1. The number of aromatic nitrogens is 10. The molecule has 0 atom stereocenters. The predicted molar refractivity (Wildman–Crippen MR) is 453 cm³/mol. The van der Waals surface area contributed by atoms with E-state index < -0.39 is 11.1 Å². The summed E-state index contributed by atoms with van der Waals surface area (Å²) >= 11 is 0. The van der Waals surface area contributed by atoms with E-state index in [1.807, 2.05) is 142 Å². The quantitative estimate of drug-likeness (QED) is 0.0353. The second-order valence-corrected chi connectivity index (χ2v) is 28.9. The van der Waals surface area contributed by atoms with Crippen molar-refractivity contribution >= 4 is 73.7 Å². The first kappa shape index (κ1) is 75.7. The van der Waals surface area contributed by atoms with Crippen molar-refractivity contribution in [3.63, 3.8) is 0 Å². The molecule has 115 heavy (non-hydrogen) atoms. The van der Waals surface area contributed by atoms with Crippen molar-refractivity contribution in [3.8, 4) is 56.0 Å². The molecule has 19 heteroatoms. The minimum Gasteiger partial charge on any atom is -0.396 e. The Hall–Kier alpha value is -14.7. The molecule has 0 bridgehead atoms. The maximum atomic E-state index is 14.5. The summed E-state index contributed by atoms with van der Waals surface area (Å²) in [5, 5.41) is 18.1. The van der Waals surface area contributed by atoms with Crippen LogP contribution < -0.4 is 22.1 Å². The number of halogens is 2. The van der Waals surface area contributed by atoms with Crippen LogP contribution in [0.2, 0.25) is 0 Å². The van der Waals surface area contributed by atoms with Crippen LogP contribution in [0.15, 0.2) is 329 Å². The molecular weight excluding hydrogens is 1440 g/mol. The van der Waals surface area contributed by atoms with Crippen LogP contribution in [0, 0.1) is 23.5 Å². The zero-order valence-corrected chi connectivity index (χ0v) is 63.5. The number of fused-ring (bicyclic) bond motifs is 3. The first-order valence-electron chi connectivity index (χ1n) is 37.8. The van der Waals surface area contributed by atoms with Crippen LogP contribution >= 0.6 is 0 Å². The molecule has 0 fully saturated rings. The third kappa shape index (κ3) is 15.6. The molecule has 17 nitrogen and oxygen atoms in total. The highest BCUT2D eigenvalue weighted by Crippen LogP contribution is 2.47. The lowest BCUT2D eigenvalue weighted by Gasteiger charge is -2.37. The highest BCUT2D eigenvalue weighted by Gasteiger charge is 2.43. The maximum Gasteiger partial charge on any atom is 0.224 e. The summed E-state index contributed by atoms with van der Waals surface area (Å²) in [6.07, 6.45) is 15.0. The smallest absolute Gasteiger partial charge is 0.224 e. The number of hydrogen-bond acceptors (Lipinski definition) is 12. The Balaban J connectivity index is 0.000000157. The van der Waals surface area contributed by atoms with E-state index in [4.69, 9.17) is 26.6 Å². The van der Waals surface area contributed by atoms with Gasteiger partial charge in [0.1, 0.15) is 34.1 Å². The van der Waals surface area contributed by atoms with Crippen molar-refractivity contribution in [3.05, 3.63) is 379 Å². The van der Waals surface area contributed by atoms with Crippen LogP contribution in [0.1, 0.15) is 84.4 Å². The van der Waals surface area contributed by atoms with Gasteiger partial charge in [-0.15, -0.1) is 0 Å². The molecular formula is C96H80F2N14O3. The van der Waals surface area contributed by atoms with Gasteiger partial charge in [0, 0.05) is 70.7 Å². The average Bonchev–Trinajstić information content (AvgIpc) is 1.64. The normalized spacial score (nSPS) is 11.4. The van der Waals surface area contributed by atoms with Crippen LogP contribution in [-0.2, 0) is 20.7 Å². The van der Waals surface area contributed by atoms with Gasteiger partial charge < -0.3 is 27.1 Å². The lowest BCUT2D eigenvalue weighted by atomic mass is 9.77. The second-order valence-electron chi connectivity index (χ2n) is 28.9. The van der Waals surface area contributed by atoms with E-state index in [0.29, 0.717) is 86.1 Å². The molecule has 10 aromatic carbocycles. The van der Waals surface area contributed by atoms with E-state index in [-0.39, 0.29) is 35.3 Å². The Bertz CT molecular complexity index is 6130. The maximum absolute atomic E-state index is 14.5. The van der Waals surface area contributed by atoms with Gasteiger partial charge in [0.15, 0.2) is 12.1 Å². The van der Waals surface area contributed by atoms with E-state index >= 15 is 0 Å². The van der Waals surface area contributed by atoms with Crippen LogP contribution in [0.3, 0.4) is 0 Å². The first-order valence-corrected chi connectivity index (χ1v) is 37.8. The van der Waals surface area contributed by atoms with Crippen LogP contribution in [0.4, 0.5) is 31.5 Å². The van der Waals surface area contributed by atoms with E-state index in [0.717, 1.165) is 83.7 Å². The number of pyridine rings is 4. The molecule has 0 unspecified atom stereocenters. The number of aromatic amines is 1. The molecule has 7 N–H and O–H groups in total. The van der Waals surface area contributed by atoms with Crippen LogP contribution in [0.25, 0.3) is 88.9 Å². The SMILES string of the molecule is CC(C)CC(=O)Nc1cncc(-c2ccc3c(c2)c(-c2nc4c(-c5cccc(F)c5)cncc4[nH]2)nn3C(c2ccccc2)(c2ccccc2)c2ccccc2)c1.CC(C)CC(=O)Nc1cncc(-c2ccc3c(c2)c(C=O)nn3C(c2ccccc2)(c2ccccc2)c2ccccc2)c1.Nc1cncc(-c2cccc(F)c2)c1N. The predicted octanol–water partition coefficient (Wildman–Crippen LogP) is 20.5. The number of amides is 2. The Morgan fingerprint density at radius 2 is 0.826 bits per heavy atom. The van der Waals surface area contributed by atoms with Gasteiger partial charge in [0.2, 0.25) is 11.8 Å². The first-order chi connectivity index (χ1) is 56.1. The van der Waals surface area contributed by atoms with Gasteiger partial charge in [-0.25, -0.2) is 23.1 Å². The zero-order valence-electron chi connectivity index (χ0n) is 63.5. The topological polar surface area (TPSA) is 243 Å². The van der Waals surface area contributed by atoms with Crippen LogP contribution in [0.5, 0.6) is 0 Å². The largest absolute Gasteiger partial charge is 0.396 e. The van der Waals surface area contributed by atoms with Crippen molar-refractivity contribution in [2.24, 2.45) is 11.8 Å². The third-order valence-electron chi connectivity index (χ3n) is 20.1. The van der Waals surface area contributed by atoms with E-state index in [1.165, 1.54) is 30.5 Å². The number of nitrogens with zero attached hydrogens (tertiary/aromatic N) is 9. The number of anilines is 4. The van der Waals surface area contributed by atoms with Gasteiger partial charge in [0.25, 0.3) is 0 Å². The molecule has 0 saturated carbocycles. The van der Waals surface area contributed by atoms with Gasteiger partial charge in [-0.05, 0) is 128 Å². The third-order valence-corrected chi connectivity index (χ3v) is 20.1. The number of hydrogen-bond donors (Lipinski definition) is 5. The van der Waals surface area contributed by atoms with Crippen molar-refractivity contribution in [1.29, 1.82) is 0 Å². The number of carbonyl (C=O) groups is 3. The Morgan fingerprint density at radius 3 is 1.26 bits per heavy atom. The lowest BCUT2D eigenvalue weighted by molar-refractivity contribution is -0.117. The molecule has 2 amide bonds. The fourth-order valence-corrected chi connectivity index (χ4v) is 15.0. The van der Waals surface area contributed by atoms with Crippen molar-refractivity contribution < 1.29 is 23.2 Å². The number of carbonyl (C=O) groups excluding carboxylic acids is 3. The molecule has 0 radical (unpaired) electrons. The number of nitrogens with one attached hydrogen (secondary N) is 3. The summed E-state index contributed by atoms with van der Waals surface area (Å²) in [5.74, 6) is 0.266. The molecule has 7 aromatic heterocycles. The molecule has 0 aliphatic rings. The standard InChI is InChI=1S/C48H38FN7O.C37H32N4O2.C11H10FN3/c1-31(2)23-44(57)52-39-25-34(27-50-28-39)32-21-22-43-40(26-32)46(47-53-42-30-51-29-41(45(42)54-47)33-13-12-20-38(49)24-33)55-56(43)48(35-14-6-3-7-15-35,36-16-8-4-9-17-36)37-18-10-5-11-19-37;1-26(2)20-36(43)39-32-21-28(23-38-24-32)27-18-19-35-33(22-27)34(25-42)40-41(35)37(29-12-6-3-7-13-29,30-14-8-4-9-15-30)31-16-10-5-11-17-31;12-8-3-1-2-7(4-8)9-5-15-6-10(13)11(9)14/h3-22,24-31H,23H2,1-2H3,(H,52,57)(H,53,54);3-19,21-26H,20H2,1-2H3,(H,39,43);1-6H,13H2,(H2,14,15). The van der Waals surface area contributed by atoms with E-state index in [1.54, 1.807) is 61.6 Å². The summed E-state index contributed by atoms with van der Waals surface area (Å²) in [7, 11) is 0. The lowest BCUT2D eigenvalue weighted by Crippen LogP contribution is -2.38. The summed E-state index contributed by atoms with van der Waals surface area (Å²) in [5.41, 5.74) is 28.0. The molecule has 17 aromatic rings. The summed E-state index contributed by atoms with van der Waals surface area (Å²) in [6, 6.07) is 90.8. The minimum atomic E-state index is -0.912. The fraction of sp³-hybridized carbons (Fsp3) is 0.104. The summed E-state index contributed by atoms with van der Waals surface area (Å²) < 4.78 is 31.5. The zero-order chi connectivity index (χ0) is 79.6. The highest BCUT2D eigenvalue weighted by molar-refractivity contribution is 6.01. The van der Waals surface area contributed by atoms with Gasteiger partial charge in [-0.2, -0.15) is 10.2 Å². The molecule has 17 rings (SSSR count). The Morgan fingerprint density at radius 1 is 0.426 bits per heavy atom. The number of H-pyrrole nitrogens is 1. The molecule has 566 valence electrons. The van der Waals surface area contributed by atoms with Gasteiger partial charge in [-0.3, -0.25) is 34.3 Å². The summed E-state index contributed by atoms with van der Waals surface area (Å²) in [6.45, 7) is 8.06. The van der Waals surface area contributed by atoms with Gasteiger partial charge >= 0.3 is 0 Å². The van der Waals surface area contributed by atoms with Gasteiger partial charge in [0.05, 0.1) is 69.6 Å². The number of aldehydes is 1. The number of nitrogen functional groups attached to an aromatic ring is 2. The van der Waals surface area contributed by atoms with Crippen molar-refractivity contribution in [1.82, 2.24) is 49.5 Å². The molecule has 0 aliphatic heterocycles. The number of imidazole rings is 1. The molecule has 7 heterocycles. The van der Waals surface area contributed by atoms with Gasteiger partial charge in [-0.1, -0.05) is 246 Å². The number of rotatable bonds is 20. The fourth-order valence-electron chi connectivity index (χ4n) is 15.0. The van der Waals surface area contributed by atoms with Crippen LogP contribution in [-0.4, -0.2) is 67.6 Å². The van der Waals surface area contributed by atoms with Crippen molar-refractivity contribution in [2.75, 3.05) is 22.1 Å². The Labute approximate surface area is 663 Å². The average molecular weight is 1520 g/mol. The molecule has 0 saturated heterocycles. The van der Waals surface area contributed by atoms with Crippen molar-refractivity contribution in [2.45, 2.75) is 51.6 Å². The monoisotopic (exact) mass is 1510 g/mol. The molecule has 0 spiro atoms. The molecule has 0 aliphatic carbocycles. The van der Waals surface area contributed by atoms with E-state index in [9.17, 15) is 23.2 Å². The summed E-state index contributed by atoms with van der Waals surface area (Å²) in [4.78, 5) is 63.6. The van der Waals surface area contributed by atoms with E-state index in [2.05, 4.69) is 168 Å². The number of nitrogens with two attached hydrogens (primary N) is 2. The Kier molecular flexibility index (Phi) is 22.0. The number of benzene rings is 10. The minimum absolute atomic E-state index is 0.0482.